The maximum Gasteiger partial charge on any atom is 0.0559 e. The van der Waals surface area contributed by atoms with Crippen molar-refractivity contribution >= 4 is 11.8 Å². The average molecular weight is 215 g/mol. The molecule has 0 N–H and O–H groups in total. The molecule has 2 aliphatic rings. The first kappa shape index (κ1) is 9.85. The Morgan fingerprint density at radius 3 is 2.81 bits per heavy atom. The maximum absolute atomic E-state index is 4.54. The van der Waals surface area contributed by atoms with Crippen LogP contribution in [-0.2, 0) is 6.42 Å². The second-order valence-electron chi connectivity index (χ2n) is 4.63. The monoisotopic (exact) mass is 215 g/mol. The molecule has 0 radical (unpaired) electrons. The average Bonchev–Trinajstić information content (AvgIpc) is 2.77. The summed E-state index contributed by atoms with van der Waals surface area (Å²) in [6, 6.07) is 2.27. The van der Waals surface area contributed by atoms with Crippen LogP contribution in [-0.4, -0.2) is 43.1 Å². The van der Waals surface area contributed by atoms with Crippen LogP contribution in [0.2, 0.25) is 0 Å². The van der Waals surface area contributed by atoms with E-state index in [2.05, 4.69) is 40.0 Å². The third-order valence-corrected chi connectivity index (χ3v) is 3.47. The molecule has 0 atom stereocenters. The fourth-order valence-electron chi connectivity index (χ4n) is 2.35. The topological polar surface area (TPSA) is 19.4 Å². The van der Waals surface area contributed by atoms with Crippen molar-refractivity contribution in [3.05, 3.63) is 29.6 Å². The molecule has 3 heteroatoms. The fourth-order valence-corrected chi connectivity index (χ4v) is 2.35. The summed E-state index contributed by atoms with van der Waals surface area (Å²) in [7, 11) is 2.18. The molecule has 1 saturated heterocycles. The molecule has 84 valence electrons. The smallest absolute Gasteiger partial charge is 0.0559 e. The lowest BCUT2D eigenvalue weighted by molar-refractivity contribution is 0.313. The molecule has 1 aromatic heterocycles. The zero-order valence-corrected chi connectivity index (χ0v) is 9.69. The molecular weight excluding hydrogens is 198 g/mol. The highest BCUT2D eigenvalue weighted by atomic mass is 15.2. The number of aromatic nitrogens is 1. The Balaban J connectivity index is 1.82. The van der Waals surface area contributed by atoms with Gasteiger partial charge in [0.05, 0.1) is 17.6 Å². The van der Waals surface area contributed by atoms with E-state index in [4.69, 9.17) is 0 Å². The van der Waals surface area contributed by atoms with Crippen LogP contribution >= 0.6 is 0 Å². The first-order valence-electron chi connectivity index (χ1n) is 5.92. The summed E-state index contributed by atoms with van der Waals surface area (Å²) in [4.78, 5) is 9.34. The summed E-state index contributed by atoms with van der Waals surface area (Å²) in [5, 5.41) is 0. The molecular formula is C13H17N3. The van der Waals surface area contributed by atoms with Gasteiger partial charge in [-0.1, -0.05) is 12.2 Å². The van der Waals surface area contributed by atoms with Gasteiger partial charge in [0, 0.05) is 32.6 Å². The number of hydrogen-bond acceptors (Lipinski definition) is 3. The molecule has 3 nitrogen and oxygen atoms in total. The van der Waals surface area contributed by atoms with Crippen molar-refractivity contribution in [3.63, 3.8) is 0 Å². The second kappa shape index (κ2) is 3.91. The molecule has 0 aromatic carbocycles. The molecule has 0 amide bonds. The van der Waals surface area contributed by atoms with Gasteiger partial charge in [0.2, 0.25) is 0 Å². The summed E-state index contributed by atoms with van der Waals surface area (Å²) in [5.41, 5.74) is 3.80. The van der Waals surface area contributed by atoms with Gasteiger partial charge in [-0.15, -0.1) is 0 Å². The zero-order chi connectivity index (χ0) is 11.0. The van der Waals surface area contributed by atoms with Gasteiger partial charge in [-0.05, 0) is 18.7 Å². The molecule has 0 bridgehead atoms. The van der Waals surface area contributed by atoms with Crippen LogP contribution in [0.5, 0.6) is 0 Å². The van der Waals surface area contributed by atoms with Gasteiger partial charge in [-0.25, -0.2) is 0 Å². The standard InChI is InChI=1S/C13H17N3/c1-15-5-7-16(8-6-15)12-9-11-3-2-4-13(11)14-10-12/h2-3,9-10H,4-8H2,1H3. The van der Waals surface area contributed by atoms with Crippen LogP contribution in [0.25, 0.3) is 6.08 Å². The number of fused-ring (bicyclic) bond motifs is 1. The molecule has 1 aliphatic heterocycles. The van der Waals surface area contributed by atoms with Crippen molar-refractivity contribution in [1.29, 1.82) is 0 Å². The van der Waals surface area contributed by atoms with E-state index >= 15 is 0 Å². The second-order valence-corrected chi connectivity index (χ2v) is 4.63. The van der Waals surface area contributed by atoms with Crippen molar-refractivity contribution < 1.29 is 0 Å². The largest absolute Gasteiger partial charge is 0.368 e. The Labute approximate surface area is 96.4 Å². The van der Waals surface area contributed by atoms with E-state index in [1.807, 2.05) is 6.20 Å². The SMILES string of the molecule is CN1CCN(c2cnc3c(c2)C=CC3)CC1. The van der Waals surface area contributed by atoms with Gasteiger partial charge in [-0.3, -0.25) is 4.98 Å². The van der Waals surface area contributed by atoms with E-state index in [0.717, 1.165) is 32.6 Å². The van der Waals surface area contributed by atoms with Gasteiger partial charge < -0.3 is 9.80 Å². The summed E-state index contributed by atoms with van der Waals surface area (Å²) in [6.07, 6.45) is 7.39. The van der Waals surface area contributed by atoms with Crippen molar-refractivity contribution in [3.8, 4) is 0 Å². The molecule has 0 unspecified atom stereocenters. The van der Waals surface area contributed by atoms with Crippen LogP contribution in [0.3, 0.4) is 0 Å². The first-order valence-corrected chi connectivity index (χ1v) is 5.92. The van der Waals surface area contributed by atoms with E-state index < -0.39 is 0 Å². The summed E-state index contributed by atoms with van der Waals surface area (Å²) in [6.45, 7) is 4.52. The van der Waals surface area contributed by atoms with E-state index in [-0.39, 0.29) is 0 Å². The first-order chi connectivity index (χ1) is 7.83. The van der Waals surface area contributed by atoms with Crippen LogP contribution in [0.15, 0.2) is 18.3 Å². The quantitative estimate of drug-likeness (QED) is 0.706. The lowest BCUT2D eigenvalue weighted by atomic mass is 10.2. The number of anilines is 1. The van der Waals surface area contributed by atoms with Crippen molar-refractivity contribution in [2.75, 3.05) is 38.1 Å². The Kier molecular flexibility index (Phi) is 2.40. The number of rotatable bonds is 1. The molecule has 1 aromatic rings. The summed E-state index contributed by atoms with van der Waals surface area (Å²) in [5.74, 6) is 0. The number of pyridine rings is 1. The lowest BCUT2D eigenvalue weighted by Gasteiger charge is -2.34. The van der Waals surface area contributed by atoms with Crippen LogP contribution < -0.4 is 4.90 Å². The molecule has 1 aliphatic carbocycles. The van der Waals surface area contributed by atoms with Gasteiger partial charge in [0.1, 0.15) is 0 Å². The van der Waals surface area contributed by atoms with Crippen molar-refractivity contribution in [2.45, 2.75) is 6.42 Å². The summed E-state index contributed by atoms with van der Waals surface area (Å²) < 4.78 is 0. The van der Waals surface area contributed by atoms with Crippen molar-refractivity contribution in [2.24, 2.45) is 0 Å². The third-order valence-electron chi connectivity index (χ3n) is 3.47. The predicted octanol–water partition coefficient (Wildman–Crippen LogP) is 1.40. The van der Waals surface area contributed by atoms with E-state index in [0.29, 0.717) is 0 Å². The predicted molar refractivity (Wildman–Crippen MR) is 66.7 cm³/mol. The minimum Gasteiger partial charge on any atom is -0.368 e. The number of likely N-dealkylation sites (N-methyl/N-ethyl adjacent to an activating group) is 1. The molecule has 16 heavy (non-hydrogen) atoms. The van der Waals surface area contributed by atoms with Gasteiger partial charge in [0.25, 0.3) is 0 Å². The van der Waals surface area contributed by atoms with E-state index in [1.165, 1.54) is 16.9 Å². The van der Waals surface area contributed by atoms with Crippen LogP contribution in [0.4, 0.5) is 5.69 Å². The summed E-state index contributed by atoms with van der Waals surface area (Å²) >= 11 is 0. The minimum atomic E-state index is 0.998. The van der Waals surface area contributed by atoms with Crippen LogP contribution in [0.1, 0.15) is 11.3 Å². The van der Waals surface area contributed by atoms with Crippen molar-refractivity contribution in [1.82, 2.24) is 9.88 Å². The van der Waals surface area contributed by atoms with E-state index in [9.17, 15) is 0 Å². The number of nitrogens with zero attached hydrogens (tertiary/aromatic N) is 3. The normalized spacial score (nSPS) is 20.2. The lowest BCUT2D eigenvalue weighted by Crippen LogP contribution is -2.44. The molecule has 0 saturated carbocycles. The number of allylic oxidation sites excluding steroid dienone is 1. The Morgan fingerprint density at radius 1 is 1.19 bits per heavy atom. The fraction of sp³-hybridized carbons (Fsp3) is 0.462. The molecule has 2 heterocycles. The molecule has 3 rings (SSSR count). The third kappa shape index (κ3) is 1.71. The van der Waals surface area contributed by atoms with Gasteiger partial charge >= 0.3 is 0 Å². The highest BCUT2D eigenvalue weighted by Gasteiger charge is 2.16. The van der Waals surface area contributed by atoms with E-state index in [1.54, 1.807) is 0 Å². The molecule has 1 fully saturated rings. The highest BCUT2D eigenvalue weighted by Crippen LogP contribution is 2.23. The Hall–Kier alpha value is -1.35. The Morgan fingerprint density at radius 2 is 2.00 bits per heavy atom. The number of hydrogen-bond donors (Lipinski definition) is 0. The molecule has 0 spiro atoms. The highest BCUT2D eigenvalue weighted by molar-refractivity contribution is 5.63. The van der Waals surface area contributed by atoms with Crippen LogP contribution in [0, 0.1) is 0 Å². The van der Waals surface area contributed by atoms with Gasteiger partial charge in [0.15, 0.2) is 0 Å². The number of piperazine rings is 1. The zero-order valence-electron chi connectivity index (χ0n) is 9.69. The minimum absolute atomic E-state index is 0.998. The Bertz CT molecular complexity index is 417. The maximum atomic E-state index is 4.54. The van der Waals surface area contributed by atoms with Gasteiger partial charge in [-0.2, -0.15) is 0 Å².